The Hall–Kier alpha value is -1.16. The van der Waals surface area contributed by atoms with Crippen LogP contribution in [0.5, 0.6) is 5.75 Å². The lowest BCUT2D eigenvalue weighted by Crippen LogP contribution is -2.20. The smallest absolute Gasteiger partial charge is 0.160 e. The molecule has 1 atom stereocenters. The van der Waals surface area contributed by atoms with Gasteiger partial charge in [-0.1, -0.05) is 20.8 Å². The van der Waals surface area contributed by atoms with Gasteiger partial charge in [-0.05, 0) is 26.2 Å². The van der Waals surface area contributed by atoms with Crippen molar-refractivity contribution >= 4 is 0 Å². The maximum Gasteiger partial charge on any atom is 0.160 e. The first-order valence-corrected chi connectivity index (χ1v) is 7.36. The maximum atomic E-state index is 5.92. The first-order valence-electron chi connectivity index (χ1n) is 7.36. The average Bonchev–Trinajstić information content (AvgIpc) is 3.21. The van der Waals surface area contributed by atoms with E-state index < -0.39 is 0 Å². The van der Waals surface area contributed by atoms with Gasteiger partial charge in [0.25, 0.3) is 0 Å². The van der Waals surface area contributed by atoms with E-state index in [4.69, 9.17) is 4.74 Å². The maximum absolute atomic E-state index is 5.92. The summed E-state index contributed by atoms with van der Waals surface area (Å²) in [5.74, 6) is 2.06. The van der Waals surface area contributed by atoms with Gasteiger partial charge in [-0.3, -0.25) is 0 Å². The lowest BCUT2D eigenvalue weighted by Gasteiger charge is -2.17. The summed E-state index contributed by atoms with van der Waals surface area (Å²) in [6.45, 7) is 9.20. The Morgan fingerprint density at radius 2 is 2.11 bits per heavy atom. The number of hydrogen-bond acceptors (Lipinski definition) is 4. The molecule has 0 radical (unpaired) electrons. The summed E-state index contributed by atoms with van der Waals surface area (Å²) >= 11 is 0. The molecular weight excluding hydrogens is 238 g/mol. The van der Waals surface area contributed by atoms with Crippen LogP contribution in [0.25, 0.3) is 0 Å². The predicted octanol–water partition coefficient (Wildman–Crippen LogP) is 3.03. The van der Waals surface area contributed by atoms with E-state index >= 15 is 0 Å². The zero-order valence-corrected chi connectivity index (χ0v) is 12.4. The standard InChI is InChI=1S/C15H25N3O/c1-5-11(4)19-14-9-17-15(10(2)3)18-13(14)8-16-12-6-7-12/h9-12,16H,5-8H2,1-4H3. The summed E-state index contributed by atoms with van der Waals surface area (Å²) in [5, 5.41) is 3.50. The monoisotopic (exact) mass is 263 g/mol. The zero-order valence-electron chi connectivity index (χ0n) is 12.4. The molecule has 4 heteroatoms. The van der Waals surface area contributed by atoms with Gasteiger partial charge in [-0.25, -0.2) is 9.97 Å². The van der Waals surface area contributed by atoms with Crippen LogP contribution in [0, 0.1) is 0 Å². The molecular formula is C15H25N3O. The highest BCUT2D eigenvalue weighted by Crippen LogP contribution is 2.23. The van der Waals surface area contributed by atoms with Crippen molar-refractivity contribution in [3.63, 3.8) is 0 Å². The molecule has 0 bridgehead atoms. The van der Waals surface area contributed by atoms with Crippen LogP contribution in [-0.4, -0.2) is 22.1 Å². The van der Waals surface area contributed by atoms with Crippen molar-refractivity contribution in [2.75, 3.05) is 0 Å². The molecule has 0 saturated heterocycles. The predicted molar refractivity (Wildman–Crippen MR) is 76.4 cm³/mol. The number of hydrogen-bond donors (Lipinski definition) is 1. The lowest BCUT2D eigenvalue weighted by atomic mass is 10.2. The molecule has 1 fully saturated rings. The van der Waals surface area contributed by atoms with E-state index in [-0.39, 0.29) is 6.10 Å². The average molecular weight is 263 g/mol. The van der Waals surface area contributed by atoms with Crippen molar-refractivity contribution in [1.82, 2.24) is 15.3 Å². The van der Waals surface area contributed by atoms with Crippen LogP contribution in [0.1, 0.15) is 64.4 Å². The second kappa shape index (κ2) is 6.33. The molecule has 1 aliphatic rings. The Morgan fingerprint density at radius 3 is 2.68 bits per heavy atom. The number of rotatable bonds is 7. The third-order valence-electron chi connectivity index (χ3n) is 3.40. The van der Waals surface area contributed by atoms with Crippen LogP contribution >= 0.6 is 0 Å². The Balaban J connectivity index is 2.13. The molecule has 2 rings (SSSR count). The minimum absolute atomic E-state index is 0.202. The highest BCUT2D eigenvalue weighted by atomic mass is 16.5. The highest BCUT2D eigenvalue weighted by Gasteiger charge is 2.21. The van der Waals surface area contributed by atoms with Gasteiger partial charge in [-0.15, -0.1) is 0 Å². The van der Waals surface area contributed by atoms with Gasteiger partial charge in [0.2, 0.25) is 0 Å². The molecule has 1 unspecified atom stereocenters. The molecule has 1 aromatic rings. The second-order valence-corrected chi connectivity index (χ2v) is 5.69. The van der Waals surface area contributed by atoms with E-state index in [0.29, 0.717) is 12.0 Å². The summed E-state index contributed by atoms with van der Waals surface area (Å²) in [4.78, 5) is 9.07. The van der Waals surface area contributed by atoms with Crippen LogP contribution < -0.4 is 10.1 Å². The molecule has 0 amide bonds. The number of nitrogens with one attached hydrogen (secondary N) is 1. The van der Waals surface area contributed by atoms with Gasteiger partial charge in [0.15, 0.2) is 5.75 Å². The third kappa shape index (κ3) is 4.16. The lowest BCUT2D eigenvalue weighted by molar-refractivity contribution is 0.212. The molecule has 1 heterocycles. The summed E-state index contributed by atoms with van der Waals surface area (Å²) < 4.78 is 5.92. The Morgan fingerprint density at radius 1 is 1.37 bits per heavy atom. The van der Waals surface area contributed by atoms with E-state index in [1.165, 1.54) is 12.8 Å². The first-order chi connectivity index (χ1) is 9.10. The molecule has 1 N–H and O–H groups in total. The molecule has 0 aliphatic heterocycles. The number of aromatic nitrogens is 2. The molecule has 106 valence electrons. The van der Waals surface area contributed by atoms with E-state index in [2.05, 4.69) is 43.0 Å². The molecule has 0 spiro atoms. The van der Waals surface area contributed by atoms with Gasteiger partial charge in [-0.2, -0.15) is 0 Å². The van der Waals surface area contributed by atoms with E-state index in [9.17, 15) is 0 Å². The van der Waals surface area contributed by atoms with Gasteiger partial charge in [0.05, 0.1) is 18.0 Å². The van der Waals surface area contributed by atoms with Gasteiger partial charge in [0, 0.05) is 18.5 Å². The largest absolute Gasteiger partial charge is 0.487 e. The van der Waals surface area contributed by atoms with Crippen LogP contribution in [0.15, 0.2) is 6.20 Å². The minimum atomic E-state index is 0.202. The van der Waals surface area contributed by atoms with E-state index in [1.807, 2.05) is 6.20 Å². The van der Waals surface area contributed by atoms with Crippen molar-refractivity contribution in [1.29, 1.82) is 0 Å². The Kier molecular flexibility index (Phi) is 4.75. The summed E-state index contributed by atoms with van der Waals surface area (Å²) in [5.41, 5.74) is 0.992. The Bertz CT molecular complexity index is 416. The highest BCUT2D eigenvalue weighted by molar-refractivity contribution is 5.26. The fourth-order valence-electron chi connectivity index (χ4n) is 1.75. The molecule has 4 nitrogen and oxygen atoms in total. The normalized spacial score (nSPS) is 16.7. The van der Waals surface area contributed by atoms with Crippen LogP contribution in [-0.2, 0) is 6.54 Å². The van der Waals surface area contributed by atoms with E-state index in [0.717, 1.165) is 30.2 Å². The van der Waals surface area contributed by atoms with Crippen molar-refractivity contribution in [3.05, 3.63) is 17.7 Å². The van der Waals surface area contributed by atoms with Crippen molar-refractivity contribution in [3.8, 4) is 5.75 Å². The summed E-state index contributed by atoms with van der Waals surface area (Å²) in [6, 6.07) is 0.675. The quantitative estimate of drug-likeness (QED) is 0.821. The fraction of sp³-hybridized carbons (Fsp3) is 0.733. The number of nitrogens with zero attached hydrogens (tertiary/aromatic N) is 2. The first kappa shape index (κ1) is 14.3. The summed E-state index contributed by atoms with van der Waals surface area (Å²) in [7, 11) is 0. The SMILES string of the molecule is CCC(C)Oc1cnc(C(C)C)nc1CNC1CC1. The Labute approximate surface area is 116 Å². The van der Waals surface area contributed by atoms with E-state index in [1.54, 1.807) is 0 Å². The molecule has 1 aromatic heterocycles. The van der Waals surface area contributed by atoms with Crippen molar-refractivity contribution in [2.24, 2.45) is 0 Å². The fourth-order valence-corrected chi connectivity index (χ4v) is 1.75. The minimum Gasteiger partial charge on any atom is -0.487 e. The van der Waals surface area contributed by atoms with Crippen LogP contribution in [0.2, 0.25) is 0 Å². The van der Waals surface area contributed by atoms with Crippen LogP contribution in [0.3, 0.4) is 0 Å². The van der Waals surface area contributed by atoms with Crippen LogP contribution in [0.4, 0.5) is 0 Å². The van der Waals surface area contributed by atoms with Gasteiger partial charge >= 0.3 is 0 Å². The molecule has 1 aliphatic carbocycles. The zero-order chi connectivity index (χ0) is 13.8. The molecule has 19 heavy (non-hydrogen) atoms. The molecule has 1 saturated carbocycles. The van der Waals surface area contributed by atoms with Crippen molar-refractivity contribution < 1.29 is 4.74 Å². The third-order valence-corrected chi connectivity index (χ3v) is 3.40. The number of ether oxygens (including phenoxy) is 1. The van der Waals surface area contributed by atoms with Gasteiger partial charge < -0.3 is 10.1 Å². The van der Waals surface area contributed by atoms with Crippen molar-refractivity contribution in [2.45, 2.75) is 71.6 Å². The summed E-state index contributed by atoms with van der Waals surface area (Å²) in [6.07, 6.45) is 5.58. The second-order valence-electron chi connectivity index (χ2n) is 5.69. The topological polar surface area (TPSA) is 47.0 Å². The molecule has 0 aromatic carbocycles. The van der Waals surface area contributed by atoms with Gasteiger partial charge in [0.1, 0.15) is 5.82 Å².